The quantitative estimate of drug-likeness (QED) is 0.367. The van der Waals surface area contributed by atoms with Crippen molar-refractivity contribution >= 4 is 29.7 Å². The van der Waals surface area contributed by atoms with Crippen LogP contribution >= 0.6 is 0 Å². The third kappa shape index (κ3) is 4.34. The zero-order chi connectivity index (χ0) is 24.9. The predicted molar refractivity (Wildman–Crippen MR) is 147 cm³/mol. The smallest absolute Gasteiger partial charge is 0.665 e. The van der Waals surface area contributed by atoms with Gasteiger partial charge in [0.15, 0.2) is 0 Å². The van der Waals surface area contributed by atoms with Gasteiger partial charge in [0.25, 0.3) is 0 Å². The Hall–Kier alpha value is -2.74. The Labute approximate surface area is 228 Å². The maximum Gasteiger partial charge on any atom is 2.00 e. The third-order valence-electron chi connectivity index (χ3n) is 7.51. The molecule has 5 heteroatoms. The number of hydrogen-bond donors (Lipinski definition) is 0. The number of allylic oxidation sites excluding steroid dienone is 5. The summed E-state index contributed by atoms with van der Waals surface area (Å²) in [5.41, 5.74) is 13.9. The summed E-state index contributed by atoms with van der Waals surface area (Å²) in [7, 11) is 2.07. The Kier molecular flexibility index (Phi) is 7.55. The summed E-state index contributed by atoms with van der Waals surface area (Å²) < 4.78 is 2.12. The molecule has 2 aromatic heterocycles. The molecule has 0 fully saturated rings. The van der Waals surface area contributed by atoms with Gasteiger partial charge in [-0.1, -0.05) is 56.8 Å². The standard InChI is InChI=1S/C31H34N4.Pd/c1-8-22-18(5)26-13-20-12-21(35(7)17-20)14-27-19(6)23(9-2)29(33-27)16-31-25(11-4)24(10-3)30(34-31)15-28(22)32-26;/h13-17H,8-11H2,1-7H3;/q-2;+2. The molecular formula is C31H34N4Pd. The Morgan fingerprint density at radius 2 is 1.44 bits per heavy atom. The van der Waals surface area contributed by atoms with Crippen LogP contribution in [0.4, 0.5) is 0 Å². The Bertz CT molecular complexity index is 1540. The molecule has 5 rings (SSSR count). The Balaban J connectivity index is 0.00000304. The molecule has 3 aliphatic rings. The topological polar surface area (TPSA) is 43.8 Å². The van der Waals surface area contributed by atoms with Crippen molar-refractivity contribution in [3.63, 3.8) is 0 Å². The molecule has 0 atom stereocenters. The molecule has 0 saturated carbocycles. The number of rotatable bonds is 4. The molecule has 0 amide bonds. The summed E-state index contributed by atoms with van der Waals surface area (Å²) in [6.45, 7) is 13.2. The minimum absolute atomic E-state index is 0. The number of aryl methyl sites for hydroxylation is 1. The molecule has 4 nitrogen and oxygen atoms in total. The average Bonchev–Trinajstić information content (AvgIpc) is 3.52. The summed E-state index contributed by atoms with van der Waals surface area (Å²) in [5, 5.41) is 2.04. The second-order valence-electron chi connectivity index (χ2n) is 9.51. The van der Waals surface area contributed by atoms with Gasteiger partial charge in [0.1, 0.15) is 0 Å². The molecule has 36 heavy (non-hydrogen) atoms. The number of hydrogen-bond acceptors (Lipinski definition) is 2. The molecule has 0 N–H and O–H groups in total. The van der Waals surface area contributed by atoms with E-state index in [1.807, 2.05) is 0 Å². The van der Waals surface area contributed by atoms with Crippen LogP contribution in [0.2, 0.25) is 0 Å². The van der Waals surface area contributed by atoms with Gasteiger partial charge in [-0.25, -0.2) is 4.99 Å². The second kappa shape index (κ2) is 10.3. The fourth-order valence-electron chi connectivity index (χ4n) is 5.56. The summed E-state index contributed by atoms with van der Waals surface area (Å²) in [6.07, 6.45) is 14.6. The van der Waals surface area contributed by atoms with Crippen LogP contribution in [0.25, 0.3) is 18.2 Å². The summed E-state index contributed by atoms with van der Waals surface area (Å²) in [6, 6.07) is 3.57. The largest absolute Gasteiger partial charge is 2.00 e. The van der Waals surface area contributed by atoms with Gasteiger partial charge in [-0.05, 0) is 74.9 Å². The number of fused-ring (bicyclic) bond motifs is 6. The van der Waals surface area contributed by atoms with E-state index < -0.39 is 0 Å². The van der Waals surface area contributed by atoms with Crippen LogP contribution in [0.3, 0.4) is 0 Å². The monoisotopic (exact) mass is 568 g/mol. The van der Waals surface area contributed by atoms with Crippen molar-refractivity contribution in [2.45, 2.75) is 67.2 Å². The molecule has 2 aromatic rings. The Morgan fingerprint density at radius 1 is 0.778 bits per heavy atom. The SMILES string of the molecule is CCC1=C(C)C2=Cc3[c-]c(n(C)c3)C=c3[n-]c(c(CC)c3C)=CC3=NC(=CC1=N2)C(CC)=C3CC.[Pd+2]. The zero-order valence-electron chi connectivity index (χ0n) is 22.3. The van der Waals surface area contributed by atoms with Gasteiger partial charge in [-0.15, -0.1) is 29.1 Å². The first-order chi connectivity index (χ1) is 16.9. The van der Waals surface area contributed by atoms with Crippen molar-refractivity contribution in [3.8, 4) is 0 Å². The average molecular weight is 569 g/mol. The van der Waals surface area contributed by atoms with E-state index in [2.05, 4.69) is 89.7 Å². The van der Waals surface area contributed by atoms with E-state index in [4.69, 9.17) is 15.0 Å². The molecule has 188 valence electrons. The summed E-state index contributed by atoms with van der Waals surface area (Å²) in [4.78, 5) is 15.3. The first-order valence-corrected chi connectivity index (χ1v) is 12.9. The minimum Gasteiger partial charge on any atom is -0.665 e. The molecule has 5 heterocycles. The van der Waals surface area contributed by atoms with Gasteiger partial charge < -0.3 is 9.55 Å². The van der Waals surface area contributed by atoms with E-state index in [1.54, 1.807) is 0 Å². The maximum absolute atomic E-state index is 5.16. The predicted octanol–water partition coefficient (Wildman–Crippen LogP) is 5.25. The molecule has 0 radical (unpaired) electrons. The van der Waals surface area contributed by atoms with E-state index in [9.17, 15) is 0 Å². The summed E-state index contributed by atoms with van der Waals surface area (Å²) in [5.74, 6) is 0. The van der Waals surface area contributed by atoms with Gasteiger partial charge in [-0.3, -0.25) is 4.99 Å². The summed E-state index contributed by atoms with van der Waals surface area (Å²) >= 11 is 0. The Morgan fingerprint density at radius 3 is 2.11 bits per heavy atom. The molecule has 0 saturated heterocycles. The van der Waals surface area contributed by atoms with E-state index in [-0.39, 0.29) is 20.4 Å². The van der Waals surface area contributed by atoms with Gasteiger partial charge in [-0.2, -0.15) is 5.35 Å². The first kappa shape index (κ1) is 26.3. The van der Waals surface area contributed by atoms with Gasteiger partial charge in [0, 0.05) is 5.70 Å². The fourth-order valence-corrected chi connectivity index (χ4v) is 5.56. The molecular weight excluding hydrogens is 535 g/mol. The van der Waals surface area contributed by atoms with Crippen molar-refractivity contribution in [3.05, 3.63) is 85.1 Å². The first-order valence-electron chi connectivity index (χ1n) is 12.9. The van der Waals surface area contributed by atoms with Crippen LogP contribution in [-0.2, 0) is 33.9 Å². The molecule has 0 spiro atoms. The molecule has 0 aliphatic carbocycles. The fraction of sp³-hybridized carbons (Fsp3) is 0.355. The van der Waals surface area contributed by atoms with Crippen LogP contribution in [0.1, 0.15) is 76.3 Å². The van der Waals surface area contributed by atoms with Crippen molar-refractivity contribution in [1.29, 1.82) is 0 Å². The van der Waals surface area contributed by atoms with Gasteiger partial charge >= 0.3 is 20.4 Å². The third-order valence-corrected chi connectivity index (χ3v) is 7.51. The molecule has 3 aliphatic heterocycles. The molecule has 0 unspecified atom stereocenters. The van der Waals surface area contributed by atoms with Crippen LogP contribution in [-0.4, -0.2) is 16.0 Å². The van der Waals surface area contributed by atoms with E-state index in [0.717, 1.165) is 70.5 Å². The van der Waals surface area contributed by atoms with Gasteiger partial charge in [0.05, 0.1) is 17.1 Å². The van der Waals surface area contributed by atoms with Crippen LogP contribution in [0, 0.1) is 13.0 Å². The zero-order valence-corrected chi connectivity index (χ0v) is 23.9. The van der Waals surface area contributed by atoms with E-state index in [1.165, 1.54) is 33.4 Å². The van der Waals surface area contributed by atoms with E-state index >= 15 is 0 Å². The van der Waals surface area contributed by atoms with Crippen molar-refractivity contribution < 1.29 is 20.4 Å². The number of aliphatic imine (C=N–C) groups is 2. The molecule has 8 bridgehead atoms. The van der Waals surface area contributed by atoms with Gasteiger partial charge in [0.2, 0.25) is 0 Å². The maximum atomic E-state index is 5.16. The normalized spacial score (nSPS) is 16.8. The van der Waals surface area contributed by atoms with Crippen molar-refractivity contribution in [2.75, 3.05) is 0 Å². The number of aromatic nitrogens is 2. The van der Waals surface area contributed by atoms with E-state index in [0.29, 0.717) is 0 Å². The minimum atomic E-state index is 0. The number of nitrogens with zero attached hydrogens (tertiary/aromatic N) is 4. The second-order valence-corrected chi connectivity index (χ2v) is 9.51. The van der Waals surface area contributed by atoms with Crippen molar-refractivity contribution in [1.82, 2.24) is 9.55 Å². The van der Waals surface area contributed by atoms with Crippen LogP contribution < -0.4 is 15.7 Å². The van der Waals surface area contributed by atoms with Crippen LogP contribution in [0.15, 0.2) is 55.9 Å². The molecule has 0 aromatic carbocycles. The van der Waals surface area contributed by atoms with Crippen LogP contribution in [0.5, 0.6) is 0 Å². The van der Waals surface area contributed by atoms with Crippen molar-refractivity contribution in [2.24, 2.45) is 17.0 Å².